The molecular formula is C6H7NNa2O6. The fourth-order valence-electron chi connectivity index (χ4n) is 0.136. The molecule has 0 aliphatic heterocycles. The largest absolute Gasteiger partial charge is 1.00 e. The van der Waals surface area contributed by atoms with Crippen molar-refractivity contribution in [2.45, 2.75) is 0 Å². The van der Waals surface area contributed by atoms with Gasteiger partial charge in [0.05, 0.1) is 18.5 Å². The van der Waals surface area contributed by atoms with Gasteiger partial charge >= 0.3 is 65.1 Å². The fraction of sp³-hybridized carbons (Fsp3) is 0.167. The van der Waals surface area contributed by atoms with Crippen LogP contribution in [-0.4, -0.2) is 29.6 Å². The van der Waals surface area contributed by atoms with Crippen LogP contribution in [-0.2, 0) is 14.4 Å². The number of hydrogen-bond donors (Lipinski definition) is 2. The Morgan fingerprint density at radius 2 is 1.27 bits per heavy atom. The zero-order chi connectivity index (χ0) is 10.9. The SMILES string of the molecule is NCC(=O)O.O=C([O-])/C=C/C(=O)[O-].[Na+].[Na+]. The Kier molecular flexibility index (Phi) is 26.9. The van der Waals surface area contributed by atoms with E-state index in [-0.39, 0.29) is 65.7 Å². The maximum absolute atomic E-state index is 9.41. The van der Waals surface area contributed by atoms with Gasteiger partial charge in [-0.3, -0.25) is 4.79 Å². The van der Waals surface area contributed by atoms with Crippen molar-refractivity contribution >= 4 is 17.9 Å². The minimum absolute atomic E-state index is 0. The van der Waals surface area contributed by atoms with E-state index < -0.39 is 17.9 Å². The van der Waals surface area contributed by atoms with Gasteiger partial charge in [-0.2, -0.15) is 0 Å². The topological polar surface area (TPSA) is 144 Å². The van der Waals surface area contributed by atoms with Crippen LogP contribution in [0.2, 0.25) is 0 Å². The van der Waals surface area contributed by atoms with Gasteiger partial charge in [0.15, 0.2) is 0 Å². The molecule has 0 aromatic carbocycles. The van der Waals surface area contributed by atoms with Crippen molar-refractivity contribution in [2.75, 3.05) is 6.54 Å². The molecule has 15 heavy (non-hydrogen) atoms. The van der Waals surface area contributed by atoms with Gasteiger partial charge < -0.3 is 30.6 Å². The second kappa shape index (κ2) is 16.5. The van der Waals surface area contributed by atoms with Crippen molar-refractivity contribution in [3.05, 3.63) is 12.2 Å². The van der Waals surface area contributed by atoms with E-state index in [0.29, 0.717) is 12.2 Å². The third-order valence-corrected chi connectivity index (χ3v) is 0.530. The molecule has 0 aromatic heterocycles. The van der Waals surface area contributed by atoms with Gasteiger partial charge in [-0.1, -0.05) is 0 Å². The molecule has 0 saturated carbocycles. The van der Waals surface area contributed by atoms with Gasteiger partial charge in [0, 0.05) is 0 Å². The van der Waals surface area contributed by atoms with Crippen molar-refractivity contribution in [3.8, 4) is 0 Å². The van der Waals surface area contributed by atoms with Crippen LogP contribution in [0.15, 0.2) is 12.2 Å². The summed E-state index contributed by atoms with van der Waals surface area (Å²) in [7, 11) is 0. The molecule has 74 valence electrons. The standard InChI is InChI=1S/C4H4O4.C2H5NO2.2Na/c5-3(6)1-2-4(7)8;3-1-2(4)5;;/h1-2H,(H,5,6)(H,7,8);1,3H2,(H,4,5);;/q;;2*+1/p-2/b2-1+;;;. The summed E-state index contributed by atoms with van der Waals surface area (Å²) in [5.41, 5.74) is 4.57. The quantitative estimate of drug-likeness (QED) is 0.365. The van der Waals surface area contributed by atoms with Crippen molar-refractivity contribution in [2.24, 2.45) is 5.73 Å². The summed E-state index contributed by atoms with van der Waals surface area (Å²) in [5.74, 6) is -4.06. The Labute approximate surface area is 130 Å². The third kappa shape index (κ3) is 40.9. The zero-order valence-corrected chi connectivity index (χ0v) is 12.4. The Balaban J connectivity index is -0.0000000770. The van der Waals surface area contributed by atoms with Gasteiger partial charge in [-0.25, -0.2) is 0 Å². The molecule has 0 bridgehead atoms. The summed E-state index contributed by atoms with van der Waals surface area (Å²) >= 11 is 0. The van der Waals surface area contributed by atoms with Crippen LogP contribution in [0.1, 0.15) is 0 Å². The Bertz CT molecular complexity index is 214. The van der Waals surface area contributed by atoms with Crippen molar-refractivity contribution < 1.29 is 88.8 Å². The Morgan fingerprint density at radius 3 is 1.33 bits per heavy atom. The summed E-state index contributed by atoms with van der Waals surface area (Å²) in [5, 5.41) is 26.4. The first-order valence-electron chi connectivity index (χ1n) is 2.92. The molecule has 0 heterocycles. The molecule has 0 aromatic rings. The van der Waals surface area contributed by atoms with Crippen molar-refractivity contribution in [1.29, 1.82) is 0 Å². The number of carbonyl (C=O) groups excluding carboxylic acids is 2. The van der Waals surface area contributed by atoms with E-state index in [1.165, 1.54) is 0 Å². The van der Waals surface area contributed by atoms with Crippen molar-refractivity contribution in [1.82, 2.24) is 0 Å². The van der Waals surface area contributed by atoms with E-state index in [9.17, 15) is 24.6 Å². The van der Waals surface area contributed by atoms with Crippen molar-refractivity contribution in [3.63, 3.8) is 0 Å². The summed E-state index contributed by atoms with van der Waals surface area (Å²) < 4.78 is 0. The smallest absolute Gasteiger partial charge is 0.545 e. The second-order valence-electron chi connectivity index (χ2n) is 1.57. The predicted octanol–water partition coefficient (Wildman–Crippen LogP) is -9.92. The van der Waals surface area contributed by atoms with Crippen LogP contribution in [0, 0.1) is 0 Å². The summed E-state index contributed by atoms with van der Waals surface area (Å²) in [6.07, 6.45) is 0.769. The minimum atomic E-state index is -1.55. The van der Waals surface area contributed by atoms with Gasteiger partial charge in [0.1, 0.15) is 0 Å². The molecule has 0 radical (unpaired) electrons. The van der Waals surface area contributed by atoms with E-state index in [1.807, 2.05) is 0 Å². The molecule has 0 fully saturated rings. The first kappa shape index (κ1) is 24.4. The Hall–Kier alpha value is 0.110. The minimum Gasteiger partial charge on any atom is -0.545 e. The maximum Gasteiger partial charge on any atom is 1.00 e. The monoisotopic (exact) mass is 235 g/mol. The molecule has 7 nitrogen and oxygen atoms in total. The number of carboxylic acid groups (broad SMARTS) is 3. The van der Waals surface area contributed by atoms with Gasteiger partial charge in [-0.15, -0.1) is 0 Å². The molecule has 0 aliphatic rings. The van der Waals surface area contributed by atoms with Crippen LogP contribution >= 0.6 is 0 Å². The molecule has 3 N–H and O–H groups in total. The van der Waals surface area contributed by atoms with Crippen LogP contribution in [0.25, 0.3) is 0 Å². The molecule has 0 aliphatic carbocycles. The number of rotatable bonds is 3. The number of aliphatic carboxylic acids is 3. The second-order valence-corrected chi connectivity index (χ2v) is 1.57. The van der Waals surface area contributed by atoms with Gasteiger partial charge in [-0.05, 0) is 12.2 Å². The van der Waals surface area contributed by atoms with E-state index in [0.717, 1.165) is 0 Å². The van der Waals surface area contributed by atoms with Crippen LogP contribution in [0.3, 0.4) is 0 Å². The number of carbonyl (C=O) groups is 3. The van der Waals surface area contributed by atoms with Crippen LogP contribution < -0.4 is 75.1 Å². The molecule has 0 saturated heterocycles. The van der Waals surface area contributed by atoms with E-state index in [2.05, 4.69) is 5.73 Å². The number of carboxylic acids is 3. The fourth-order valence-corrected chi connectivity index (χ4v) is 0.136. The first-order valence-corrected chi connectivity index (χ1v) is 2.92. The summed E-state index contributed by atoms with van der Waals surface area (Å²) in [6.45, 7) is -0.278. The first-order chi connectivity index (χ1) is 5.90. The average Bonchev–Trinajstić information content (AvgIpc) is 2.02. The molecule has 0 atom stereocenters. The van der Waals surface area contributed by atoms with Crippen LogP contribution in [0.4, 0.5) is 0 Å². The molecule has 0 unspecified atom stereocenters. The van der Waals surface area contributed by atoms with E-state index in [1.54, 1.807) is 0 Å². The number of hydrogen-bond acceptors (Lipinski definition) is 6. The van der Waals surface area contributed by atoms with Crippen LogP contribution in [0.5, 0.6) is 0 Å². The Morgan fingerprint density at radius 1 is 1.07 bits per heavy atom. The third-order valence-electron chi connectivity index (χ3n) is 0.530. The molecule has 0 spiro atoms. The maximum atomic E-state index is 9.41. The molecule has 0 amide bonds. The summed E-state index contributed by atoms with van der Waals surface area (Å²) in [4.78, 5) is 28.1. The summed E-state index contributed by atoms with van der Waals surface area (Å²) in [6, 6.07) is 0. The predicted molar refractivity (Wildman–Crippen MR) is 35.8 cm³/mol. The number of nitrogens with two attached hydrogens (primary N) is 1. The average molecular weight is 235 g/mol. The normalized spacial score (nSPS) is 7.53. The van der Waals surface area contributed by atoms with E-state index >= 15 is 0 Å². The van der Waals surface area contributed by atoms with E-state index in [4.69, 9.17) is 5.11 Å². The zero-order valence-electron chi connectivity index (χ0n) is 8.43. The molecule has 0 rings (SSSR count). The van der Waals surface area contributed by atoms with Gasteiger partial charge in [0.25, 0.3) is 0 Å². The molecule has 9 heteroatoms. The van der Waals surface area contributed by atoms with Gasteiger partial charge in [0.2, 0.25) is 0 Å². The molecular weight excluding hydrogens is 228 g/mol.